The van der Waals surface area contributed by atoms with E-state index in [2.05, 4.69) is 44.3 Å². The maximum Gasteiger partial charge on any atom is 0.432 e. The van der Waals surface area contributed by atoms with Crippen LogP contribution in [-0.4, -0.2) is 84.4 Å². The molecule has 0 aliphatic heterocycles. The lowest BCUT2D eigenvalue weighted by atomic mass is 10.0. The van der Waals surface area contributed by atoms with Crippen molar-refractivity contribution in [3.05, 3.63) is 28.8 Å². The fourth-order valence-electron chi connectivity index (χ4n) is 4.71. The minimum atomic E-state index is -2.24. The number of benzene rings is 1. The number of hydrogen-bond donors (Lipinski definition) is 0. The number of aryl methyl sites for hydroxylation is 2. The van der Waals surface area contributed by atoms with Crippen molar-refractivity contribution >= 4 is 77.2 Å². The van der Waals surface area contributed by atoms with Crippen LogP contribution in [0.15, 0.2) is 12.1 Å². The molecule has 0 radical (unpaired) electrons. The molecule has 30 heavy (non-hydrogen) atoms. The van der Waals surface area contributed by atoms with E-state index >= 15 is 0 Å². The van der Waals surface area contributed by atoms with E-state index in [1.165, 1.54) is 46.0 Å². The van der Waals surface area contributed by atoms with Crippen LogP contribution in [-0.2, 0) is 19.7 Å². The molecular weight excluding hydrogens is 521 g/mol. The first-order chi connectivity index (χ1) is 13.9. The van der Waals surface area contributed by atoms with Crippen LogP contribution in [0, 0.1) is 51.4 Å². The summed E-state index contributed by atoms with van der Waals surface area (Å²) < 4.78 is 23.6. The summed E-state index contributed by atoms with van der Waals surface area (Å²) in [6.07, 6.45) is 24.1. The molecule has 1 aromatic rings. The van der Waals surface area contributed by atoms with Crippen LogP contribution in [0.25, 0.3) is 0 Å². The molecule has 0 amide bonds. The summed E-state index contributed by atoms with van der Waals surface area (Å²) in [5.41, 5.74) is 3.91. The standard InChI is InChI=1S/C17H34O4Si9/c1-7-19-27(20-8-2)28(30(24,25)26,29(22,23)21-9-3)11-10-17-14(4)12-16(18-6)13-15(17)5/h1-3,12-13,27H,10-11H2,4-6,22-26H3. The van der Waals surface area contributed by atoms with Gasteiger partial charge < -0.3 is 18.0 Å². The average molecular weight is 555 g/mol. The largest absolute Gasteiger partial charge is 0.514 e. The molecule has 0 N–H and O–H groups in total. The van der Waals surface area contributed by atoms with Crippen LogP contribution in [0.4, 0.5) is 0 Å². The molecule has 13 heteroatoms. The molecule has 162 valence electrons. The molecule has 0 saturated heterocycles. The van der Waals surface area contributed by atoms with Crippen molar-refractivity contribution < 1.29 is 18.0 Å². The number of terminal acetylenes is 3. The van der Waals surface area contributed by atoms with E-state index in [0.29, 0.717) is 0 Å². The first-order valence-corrected chi connectivity index (χ1v) is 38.3. The predicted octanol–water partition coefficient (Wildman–Crippen LogP) is -4.71. The second-order valence-electron chi connectivity index (χ2n) is 8.99. The molecule has 0 aromatic heterocycles. The van der Waals surface area contributed by atoms with Gasteiger partial charge in [-0.1, -0.05) is 25.3 Å². The molecule has 0 fully saturated rings. The number of ether oxygens (including phenoxy) is 1. The third kappa shape index (κ3) is 5.64. The fourth-order valence-corrected chi connectivity index (χ4v) is 274. The summed E-state index contributed by atoms with van der Waals surface area (Å²) >= 11 is 0. The Hall–Kier alpha value is -0.948. The van der Waals surface area contributed by atoms with Gasteiger partial charge in [-0.05, 0) is 78.4 Å². The monoisotopic (exact) mass is 554 g/mol. The number of methoxy groups -OCH3 is 1. The SMILES string of the molecule is C#CO[SiH](OC#C)[Si](CCc1c(C)cc(OC)cc1C)([Si]([SiH3])([SiH3])[SiH3])[Si]([SiH3])([SiH3])OC#C. The molecule has 0 saturated carbocycles. The average Bonchev–Trinajstić information content (AvgIpc) is 2.62. The van der Waals surface area contributed by atoms with Gasteiger partial charge in [-0.25, -0.2) is 0 Å². The normalized spacial score (nSPS) is 17.1. The molecule has 0 bridgehead atoms. The predicted molar refractivity (Wildman–Crippen MR) is 155 cm³/mol. The zero-order valence-electron chi connectivity index (χ0n) is 19.5. The van der Waals surface area contributed by atoms with Crippen molar-refractivity contribution in [1.29, 1.82) is 0 Å². The number of rotatable bonds is 10. The van der Waals surface area contributed by atoms with Gasteiger partial charge in [0, 0.05) is 25.7 Å². The highest BCUT2D eigenvalue weighted by Crippen LogP contribution is 2.32. The quantitative estimate of drug-likeness (QED) is 0.215. The van der Waals surface area contributed by atoms with E-state index in [1.54, 1.807) is 7.11 Å². The lowest BCUT2D eigenvalue weighted by molar-refractivity contribution is 0.400. The summed E-state index contributed by atoms with van der Waals surface area (Å²) in [6.45, 7) is 0.237. The van der Waals surface area contributed by atoms with Crippen LogP contribution in [0.5, 0.6) is 5.75 Å². The summed E-state index contributed by atoms with van der Waals surface area (Å²) in [7, 11) is 5.15. The Balaban J connectivity index is 3.63. The lowest BCUT2D eigenvalue weighted by Crippen LogP contribution is -2.88. The Labute approximate surface area is 200 Å². The van der Waals surface area contributed by atoms with E-state index in [1.807, 2.05) is 0 Å². The lowest BCUT2D eigenvalue weighted by Gasteiger charge is -2.50. The highest BCUT2D eigenvalue weighted by molar-refractivity contribution is 8.11. The first-order valence-electron chi connectivity index (χ1n) is 9.92. The molecule has 0 heterocycles. The van der Waals surface area contributed by atoms with Gasteiger partial charge in [-0.2, -0.15) is 0 Å². The Morgan fingerprint density at radius 2 is 1.43 bits per heavy atom. The van der Waals surface area contributed by atoms with Crippen molar-refractivity contribution in [2.75, 3.05) is 7.11 Å². The van der Waals surface area contributed by atoms with E-state index in [4.69, 9.17) is 37.3 Å². The summed E-state index contributed by atoms with van der Waals surface area (Å²) in [5, 5.41) is 0. The molecule has 1 rings (SSSR count). The van der Waals surface area contributed by atoms with Gasteiger partial charge in [-0.3, -0.25) is 0 Å². The van der Waals surface area contributed by atoms with Crippen molar-refractivity contribution in [2.45, 2.75) is 26.3 Å². The molecule has 0 spiro atoms. The van der Waals surface area contributed by atoms with Crippen molar-refractivity contribution in [3.63, 3.8) is 0 Å². The zero-order chi connectivity index (χ0) is 23.2. The van der Waals surface area contributed by atoms with E-state index in [-0.39, 0.29) is 0 Å². The molecule has 1 unspecified atom stereocenters. The van der Waals surface area contributed by atoms with Crippen LogP contribution >= 0.6 is 0 Å². The third-order valence-electron chi connectivity index (χ3n) is 6.15. The summed E-state index contributed by atoms with van der Waals surface area (Å²) in [5.74, 6) is 0.901. The zero-order valence-corrected chi connectivity index (χ0v) is 33.7. The Kier molecular flexibility index (Phi) is 10.0. The Morgan fingerprint density at radius 1 is 0.933 bits per heavy atom. The van der Waals surface area contributed by atoms with Gasteiger partial charge in [-0.15, -0.1) is 0 Å². The minimum Gasteiger partial charge on any atom is -0.514 e. The molecule has 0 aliphatic carbocycles. The highest BCUT2D eigenvalue weighted by Gasteiger charge is 2.67. The van der Waals surface area contributed by atoms with Gasteiger partial charge in [0.2, 0.25) is 6.87 Å². The molecule has 4 nitrogen and oxygen atoms in total. The fraction of sp³-hybridized carbons (Fsp3) is 0.294. The van der Waals surface area contributed by atoms with Crippen LogP contribution in [0.3, 0.4) is 0 Å². The van der Waals surface area contributed by atoms with E-state index in [9.17, 15) is 0 Å². The Bertz CT molecular complexity index is 840. The van der Waals surface area contributed by atoms with E-state index < -0.39 is 28.4 Å². The van der Waals surface area contributed by atoms with Crippen LogP contribution in [0.1, 0.15) is 16.7 Å². The molecule has 1 aromatic carbocycles. The third-order valence-corrected chi connectivity index (χ3v) is 155. The molecular formula is C17H34O4Si9. The van der Waals surface area contributed by atoms with E-state index in [0.717, 1.165) is 37.7 Å². The second kappa shape index (κ2) is 11.1. The maximum atomic E-state index is 6.25. The summed E-state index contributed by atoms with van der Waals surface area (Å²) in [4.78, 5) is 0. The first kappa shape index (κ1) is 27.1. The topological polar surface area (TPSA) is 36.9 Å². The Morgan fingerprint density at radius 3 is 1.80 bits per heavy atom. The van der Waals surface area contributed by atoms with Crippen molar-refractivity contribution in [2.24, 2.45) is 0 Å². The highest BCUT2D eigenvalue weighted by atomic mass is 30.4. The van der Waals surface area contributed by atoms with Crippen LogP contribution < -0.4 is 4.74 Å². The van der Waals surface area contributed by atoms with Crippen molar-refractivity contribution in [3.8, 4) is 43.3 Å². The van der Waals surface area contributed by atoms with Gasteiger partial charge in [0.05, 0.1) is 25.4 Å². The second-order valence-corrected chi connectivity index (χ2v) is 116. The van der Waals surface area contributed by atoms with Gasteiger partial charge in [0.1, 0.15) is 5.75 Å². The van der Waals surface area contributed by atoms with Gasteiger partial charge >= 0.3 is 8.80 Å². The maximum absolute atomic E-state index is 6.25. The molecule has 0 aliphatic rings. The van der Waals surface area contributed by atoms with Crippen LogP contribution in [0.2, 0.25) is 6.04 Å². The smallest absolute Gasteiger partial charge is 0.432 e. The van der Waals surface area contributed by atoms with Crippen molar-refractivity contribution in [1.82, 2.24) is 0 Å². The minimum absolute atomic E-state index is 0.901. The van der Waals surface area contributed by atoms with Gasteiger partial charge in [0.25, 0.3) is 0 Å². The number of hydrogen-bond acceptors (Lipinski definition) is 4. The molecule has 1 atom stereocenters. The summed E-state index contributed by atoms with van der Waals surface area (Å²) in [6, 6.07) is 5.34. The van der Waals surface area contributed by atoms with Gasteiger partial charge in [0.15, 0.2) is 6.63 Å².